The van der Waals surface area contributed by atoms with E-state index in [1.165, 1.54) is 25.7 Å². The van der Waals surface area contributed by atoms with Gasteiger partial charge in [0.2, 0.25) is 0 Å². The van der Waals surface area contributed by atoms with E-state index in [0.717, 1.165) is 32.7 Å². The second-order valence-electron chi connectivity index (χ2n) is 6.30. The van der Waals surface area contributed by atoms with Gasteiger partial charge >= 0.3 is 5.97 Å². The predicted molar refractivity (Wildman–Crippen MR) is 82.2 cm³/mol. The van der Waals surface area contributed by atoms with Gasteiger partial charge in [0, 0.05) is 26.2 Å². The summed E-state index contributed by atoms with van der Waals surface area (Å²) in [4.78, 5) is 14.5. The van der Waals surface area contributed by atoms with E-state index >= 15 is 0 Å². The lowest BCUT2D eigenvalue weighted by atomic mass is 9.98. The first kappa shape index (κ1) is 16.7. The number of rotatable bonds is 9. The second kappa shape index (κ2) is 8.71. The Labute approximate surface area is 128 Å². The summed E-state index contributed by atoms with van der Waals surface area (Å²) in [6, 6.07) is 0.391. The first-order valence-electron chi connectivity index (χ1n) is 8.37. The fourth-order valence-electron chi connectivity index (χ4n) is 3.08. The van der Waals surface area contributed by atoms with Crippen molar-refractivity contribution in [1.29, 1.82) is 0 Å². The largest absolute Gasteiger partial charge is 0.465 e. The maximum atomic E-state index is 12.0. The van der Waals surface area contributed by atoms with Gasteiger partial charge in [-0.1, -0.05) is 0 Å². The lowest BCUT2D eigenvalue weighted by Gasteiger charge is -2.33. The number of carbonyl (C=O) groups excluding carboxylic acids is 1. The Balaban J connectivity index is 1.75. The average Bonchev–Trinajstić information content (AvgIpc) is 3.28. The summed E-state index contributed by atoms with van der Waals surface area (Å²) >= 11 is 0. The molecule has 1 heterocycles. The lowest BCUT2D eigenvalue weighted by molar-refractivity contribution is -0.146. The number of esters is 1. The van der Waals surface area contributed by atoms with E-state index in [0.29, 0.717) is 18.6 Å². The molecule has 1 N–H and O–H groups in total. The zero-order valence-electron chi connectivity index (χ0n) is 13.5. The van der Waals surface area contributed by atoms with Crippen LogP contribution < -0.4 is 5.32 Å². The van der Waals surface area contributed by atoms with Crippen molar-refractivity contribution in [3.8, 4) is 0 Å². The fraction of sp³-hybridized carbons (Fsp3) is 0.938. The van der Waals surface area contributed by atoms with E-state index in [-0.39, 0.29) is 12.0 Å². The minimum Gasteiger partial charge on any atom is -0.465 e. The number of hydrogen-bond donors (Lipinski definition) is 1. The SMILES string of the molecule is CCOC(=O)C(CCN1CCCC(COC)C1)NC1CC1. The van der Waals surface area contributed by atoms with Crippen LogP contribution in [0.4, 0.5) is 0 Å². The van der Waals surface area contributed by atoms with Gasteiger partial charge < -0.3 is 19.7 Å². The Hall–Kier alpha value is -0.650. The topological polar surface area (TPSA) is 50.8 Å². The molecule has 0 spiro atoms. The number of carbonyl (C=O) groups is 1. The van der Waals surface area contributed by atoms with Gasteiger partial charge in [0.1, 0.15) is 6.04 Å². The molecule has 0 aromatic carbocycles. The number of ether oxygens (including phenoxy) is 2. The van der Waals surface area contributed by atoms with Crippen molar-refractivity contribution in [2.75, 3.05) is 40.0 Å². The average molecular weight is 298 g/mol. The summed E-state index contributed by atoms with van der Waals surface area (Å²) in [6.07, 6.45) is 5.71. The highest BCUT2D eigenvalue weighted by Gasteiger charge is 2.30. The van der Waals surface area contributed by atoms with Crippen molar-refractivity contribution in [1.82, 2.24) is 10.2 Å². The summed E-state index contributed by atoms with van der Waals surface area (Å²) in [5, 5.41) is 3.43. The van der Waals surface area contributed by atoms with Crippen molar-refractivity contribution in [3.63, 3.8) is 0 Å². The molecule has 1 saturated carbocycles. The van der Waals surface area contributed by atoms with E-state index in [2.05, 4.69) is 10.2 Å². The van der Waals surface area contributed by atoms with Crippen LogP contribution in [0.15, 0.2) is 0 Å². The van der Waals surface area contributed by atoms with E-state index < -0.39 is 0 Å². The normalized spacial score (nSPS) is 24.8. The zero-order chi connectivity index (χ0) is 15.1. The van der Waals surface area contributed by atoms with Gasteiger partial charge in [0.25, 0.3) is 0 Å². The first-order valence-corrected chi connectivity index (χ1v) is 8.37. The molecule has 5 heteroatoms. The third kappa shape index (κ3) is 5.93. The van der Waals surface area contributed by atoms with Crippen LogP contribution in [0.5, 0.6) is 0 Å². The summed E-state index contributed by atoms with van der Waals surface area (Å²) in [5.74, 6) is 0.552. The molecule has 0 amide bonds. The monoisotopic (exact) mass is 298 g/mol. The van der Waals surface area contributed by atoms with Crippen LogP contribution >= 0.6 is 0 Å². The van der Waals surface area contributed by atoms with Crippen molar-refractivity contribution >= 4 is 5.97 Å². The number of nitrogens with zero attached hydrogens (tertiary/aromatic N) is 1. The molecule has 0 aromatic heterocycles. The van der Waals surface area contributed by atoms with Gasteiger partial charge in [-0.3, -0.25) is 4.79 Å². The van der Waals surface area contributed by atoms with Crippen molar-refractivity contribution in [2.45, 2.75) is 51.1 Å². The van der Waals surface area contributed by atoms with Gasteiger partial charge in [0.05, 0.1) is 13.2 Å². The molecule has 1 aliphatic carbocycles. The maximum Gasteiger partial charge on any atom is 0.323 e. The fourth-order valence-corrected chi connectivity index (χ4v) is 3.08. The summed E-state index contributed by atoms with van der Waals surface area (Å²) in [7, 11) is 1.77. The highest BCUT2D eigenvalue weighted by atomic mass is 16.5. The molecule has 1 saturated heterocycles. The van der Waals surface area contributed by atoms with Crippen LogP contribution in [0.1, 0.15) is 39.0 Å². The summed E-state index contributed by atoms with van der Waals surface area (Å²) in [6.45, 7) is 6.36. The molecule has 0 radical (unpaired) electrons. The van der Waals surface area contributed by atoms with Gasteiger partial charge in [-0.15, -0.1) is 0 Å². The quantitative estimate of drug-likeness (QED) is 0.652. The minimum atomic E-state index is -0.139. The third-order valence-electron chi connectivity index (χ3n) is 4.32. The summed E-state index contributed by atoms with van der Waals surface area (Å²) in [5.41, 5.74) is 0. The molecule has 0 aromatic rings. The highest BCUT2D eigenvalue weighted by Crippen LogP contribution is 2.21. The van der Waals surface area contributed by atoms with Crippen LogP contribution in [-0.4, -0.2) is 62.9 Å². The maximum absolute atomic E-state index is 12.0. The van der Waals surface area contributed by atoms with E-state index in [1.54, 1.807) is 7.11 Å². The second-order valence-corrected chi connectivity index (χ2v) is 6.30. The first-order chi connectivity index (χ1) is 10.2. The van der Waals surface area contributed by atoms with Crippen LogP contribution in [0, 0.1) is 5.92 Å². The predicted octanol–water partition coefficient (Wildman–Crippen LogP) is 1.42. The van der Waals surface area contributed by atoms with E-state index in [4.69, 9.17) is 9.47 Å². The number of methoxy groups -OCH3 is 1. The van der Waals surface area contributed by atoms with Gasteiger partial charge in [-0.25, -0.2) is 0 Å². The molecule has 2 atom stereocenters. The number of hydrogen-bond acceptors (Lipinski definition) is 5. The Kier molecular flexibility index (Phi) is 6.93. The van der Waals surface area contributed by atoms with Crippen molar-refractivity contribution in [3.05, 3.63) is 0 Å². The Morgan fingerprint density at radius 2 is 2.19 bits per heavy atom. The van der Waals surface area contributed by atoms with Gasteiger partial charge in [-0.05, 0) is 51.5 Å². The number of nitrogens with one attached hydrogen (secondary N) is 1. The highest BCUT2D eigenvalue weighted by molar-refractivity contribution is 5.75. The van der Waals surface area contributed by atoms with Crippen LogP contribution in [0.3, 0.4) is 0 Å². The Morgan fingerprint density at radius 3 is 2.86 bits per heavy atom. The van der Waals surface area contributed by atoms with Gasteiger partial charge in [-0.2, -0.15) is 0 Å². The standard InChI is InChI=1S/C16H30N2O3/c1-3-21-16(19)15(17-14-6-7-14)8-10-18-9-4-5-13(11-18)12-20-2/h13-15,17H,3-12H2,1-2H3. The molecule has 2 unspecified atom stereocenters. The Bertz CT molecular complexity index is 319. The number of likely N-dealkylation sites (tertiary alicyclic amines) is 1. The molecular formula is C16H30N2O3. The smallest absolute Gasteiger partial charge is 0.323 e. The molecule has 5 nitrogen and oxygen atoms in total. The third-order valence-corrected chi connectivity index (χ3v) is 4.32. The number of piperidine rings is 1. The van der Waals surface area contributed by atoms with Crippen molar-refractivity contribution < 1.29 is 14.3 Å². The van der Waals surface area contributed by atoms with Gasteiger partial charge in [0.15, 0.2) is 0 Å². The Morgan fingerprint density at radius 1 is 1.38 bits per heavy atom. The lowest BCUT2D eigenvalue weighted by Crippen LogP contribution is -2.44. The molecule has 1 aliphatic heterocycles. The molecular weight excluding hydrogens is 268 g/mol. The summed E-state index contributed by atoms with van der Waals surface area (Å²) < 4.78 is 10.5. The van der Waals surface area contributed by atoms with E-state index in [9.17, 15) is 4.79 Å². The zero-order valence-corrected chi connectivity index (χ0v) is 13.5. The van der Waals surface area contributed by atoms with Crippen LogP contribution in [0.2, 0.25) is 0 Å². The van der Waals surface area contributed by atoms with Crippen LogP contribution in [0.25, 0.3) is 0 Å². The molecule has 0 bridgehead atoms. The minimum absolute atomic E-state index is 0.0881. The molecule has 2 rings (SSSR count). The molecule has 122 valence electrons. The van der Waals surface area contributed by atoms with Crippen LogP contribution in [-0.2, 0) is 14.3 Å². The molecule has 21 heavy (non-hydrogen) atoms. The molecule has 2 fully saturated rings. The van der Waals surface area contributed by atoms with Crippen molar-refractivity contribution in [2.24, 2.45) is 5.92 Å². The molecule has 2 aliphatic rings. The van der Waals surface area contributed by atoms with E-state index in [1.807, 2.05) is 6.92 Å².